The molecule has 1 aromatic heterocycles. The molecule has 1 aromatic carbocycles. The van der Waals surface area contributed by atoms with Crippen LogP contribution in [0.1, 0.15) is 29.5 Å². The Bertz CT molecular complexity index is 565. The van der Waals surface area contributed by atoms with Crippen LogP contribution in [-0.2, 0) is 6.42 Å². The van der Waals surface area contributed by atoms with E-state index >= 15 is 0 Å². The molecule has 18 heavy (non-hydrogen) atoms. The molecule has 1 atom stereocenters. The Kier molecular flexibility index (Phi) is 3.37. The van der Waals surface area contributed by atoms with Crippen LogP contribution in [0.15, 0.2) is 24.3 Å². The summed E-state index contributed by atoms with van der Waals surface area (Å²) in [5.74, 6) is 0. The maximum absolute atomic E-state index is 6.24. The summed E-state index contributed by atoms with van der Waals surface area (Å²) in [6, 6.07) is 8.34. The minimum Gasteiger partial charge on any atom is -0.312 e. The van der Waals surface area contributed by atoms with Gasteiger partial charge in [0.05, 0.1) is 16.8 Å². The zero-order valence-corrected chi connectivity index (χ0v) is 11.8. The van der Waals surface area contributed by atoms with E-state index in [2.05, 4.69) is 5.32 Å². The van der Waals surface area contributed by atoms with Gasteiger partial charge in [-0.15, -0.1) is 11.3 Å². The van der Waals surface area contributed by atoms with Crippen molar-refractivity contribution in [1.82, 2.24) is 10.3 Å². The van der Waals surface area contributed by atoms with Gasteiger partial charge in [-0.2, -0.15) is 0 Å². The number of aryl methyl sites for hydroxylation is 1. The van der Waals surface area contributed by atoms with Crippen molar-refractivity contribution in [3.8, 4) is 10.6 Å². The number of hydrogen-bond acceptors (Lipinski definition) is 3. The van der Waals surface area contributed by atoms with E-state index in [4.69, 9.17) is 16.6 Å². The smallest absolute Gasteiger partial charge is 0.125 e. The van der Waals surface area contributed by atoms with E-state index in [1.165, 1.54) is 23.4 Å². The molecule has 0 fully saturated rings. The Morgan fingerprint density at radius 3 is 3.00 bits per heavy atom. The van der Waals surface area contributed by atoms with Crippen molar-refractivity contribution in [2.24, 2.45) is 0 Å². The van der Waals surface area contributed by atoms with Crippen LogP contribution in [0.25, 0.3) is 10.6 Å². The van der Waals surface area contributed by atoms with Crippen LogP contribution < -0.4 is 5.32 Å². The van der Waals surface area contributed by atoms with Crippen LogP contribution >= 0.6 is 22.9 Å². The van der Waals surface area contributed by atoms with Gasteiger partial charge in [0.15, 0.2) is 0 Å². The summed E-state index contributed by atoms with van der Waals surface area (Å²) >= 11 is 8.03. The number of nitrogens with one attached hydrogen (secondary N) is 1. The van der Waals surface area contributed by atoms with Gasteiger partial charge in [-0.1, -0.05) is 29.8 Å². The fourth-order valence-corrected chi connectivity index (χ4v) is 3.93. The monoisotopic (exact) mass is 278 g/mol. The van der Waals surface area contributed by atoms with Crippen LogP contribution in [0.5, 0.6) is 0 Å². The minimum atomic E-state index is 0.404. The summed E-state index contributed by atoms with van der Waals surface area (Å²) in [7, 11) is 2.01. The molecule has 0 saturated heterocycles. The Morgan fingerprint density at radius 1 is 1.39 bits per heavy atom. The molecule has 2 nitrogen and oxygen atoms in total. The second-order valence-corrected chi connectivity index (χ2v) is 6.03. The normalized spacial score (nSPS) is 18.7. The SMILES string of the molecule is CNC1CCCc2sc(-c3ccccc3Cl)nc21. The average Bonchev–Trinajstić information content (AvgIpc) is 2.82. The van der Waals surface area contributed by atoms with E-state index in [1.807, 2.05) is 31.3 Å². The second kappa shape index (κ2) is 5.00. The van der Waals surface area contributed by atoms with Crippen molar-refractivity contribution in [2.45, 2.75) is 25.3 Å². The maximum atomic E-state index is 6.24. The molecule has 0 saturated carbocycles. The number of fused-ring (bicyclic) bond motifs is 1. The zero-order chi connectivity index (χ0) is 12.5. The zero-order valence-electron chi connectivity index (χ0n) is 10.2. The molecular formula is C14H15ClN2S. The molecule has 1 heterocycles. The van der Waals surface area contributed by atoms with Gasteiger partial charge in [-0.25, -0.2) is 4.98 Å². The Hall–Kier alpha value is -0.900. The molecule has 4 heteroatoms. The molecule has 0 spiro atoms. The van der Waals surface area contributed by atoms with Gasteiger partial charge in [0.25, 0.3) is 0 Å². The van der Waals surface area contributed by atoms with E-state index in [9.17, 15) is 0 Å². The van der Waals surface area contributed by atoms with Gasteiger partial charge in [-0.3, -0.25) is 0 Å². The van der Waals surface area contributed by atoms with E-state index in [0.29, 0.717) is 6.04 Å². The standard InChI is InChI=1S/C14H15ClN2S/c1-16-11-7-4-8-12-13(11)17-14(18-12)9-5-2-3-6-10(9)15/h2-3,5-6,11,16H,4,7-8H2,1H3. The lowest BCUT2D eigenvalue weighted by atomic mass is 9.98. The van der Waals surface area contributed by atoms with Gasteiger partial charge in [0.1, 0.15) is 5.01 Å². The highest BCUT2D eigenvalue weighted by Crippen LogP contribution is 2.38. The highest BCUT2D eigenvalue weighted by atomic mass is 35.5. The average molecular weight is 279 g/mol. The van der Waals surface area contributed by atoms with Crippen molar-refractivity contribution in [1.29, 1.82) is 0 Å². The summed E-state index contributed by atoms with van der Waals surface area (Å²) in [5.41, 5.74) is 2.28. The van der Waals surface area contributed by atoms with Crippen LogP contribution in [0.3, 0.4) is 0 Å². The molecule has 0 amide bonds. The summed E-state index contributed by atoms with van der Waals surface area (Å²) in [4.78, 5) is 6.22. The van der Waals surface area contributed by atoms with E-state index < -0.39 is 0 Å². The van der Waals surface area contributed by atoms with Crippen molar-refractivity contribution in [3.63, 3.8) is 0 Å². The van der Waals surface area contributed by atoms with Crippen LogP contribution in [0, 0.1) is 0 Å². The highest BCUT2D eigenvalue weighted by Gasteiger charge is 2.24. The fraction of sp³-hybridized carbons (Fsp3) is 0.357. The first-order valence-electron chi connectivity index (χ1n) is 6.21. The number of nitrogens with zero attached hydrogens (tertiary/aromatic N) is 1. The van der Waals surface area contributed by atoms with Crippen molar-refractivity contribution < 1.29 is 0 Å². The predicted molar refractivity (Wildman–Crippen MR) is 77.3 cm³/mol. The summed E-state index contributed by atoms with van der Waals surface area (Å²) in [6.07, 6.45) is 3.56. The second-order valence-electron chi connectivity index (χ2n) is 4.54. The van der Waals surface area contributed by atoms with E-state index in [-0.39, 0.29) is 0 Å². The Labute approximate surface area is 116 Å². The lowest BCUT2D eigenvalue weighted by molar-refractivity contribution is 0.490. The summed E-state index contributed by atoms with van der Waals surface area (Å²) in [5, 5.41) is 5.18. The molecule has 2 aromatic rings. The number of rotatable bonds is 2. The van der Waals surface area contributed by atoms with Crippen molar-refractivity contribution >= 4 is 22.9 Å². The molecule has 0 aliphatic heterocycles. The fourth-order valence-electron chi connectivity index (χ4n) is 2.45. The molecule has 1 aliphatic rings. The lowest BCUT2D eigenvalue weighted by Crippen LogP contribution is -2.21. The Morgan fingerprint density at radius 2 is 2.22 bits per heavy atom. The largest absolute Gasteiger partial charge is 0.312 e. The first-order chi connectivity index (χ1) is 8.79. The number of halogens is 1. The van der Waals surface area contributed by atoms with Crippen LogP contribution in [-0.4, -0.2) is 12.0 Å². The number of hydrogen-bond donors (Lipinski definition) is 1. The lowest BCUT2D eigenvalue weighted by Gasteiger charge is -2.19. The number of benzene rings is 1. The quantitative estimate of drug-likeness (QED) is 0.896. The van der Waals surface area contributed by atoms with Crippen LogP contribution in [0.4, 0.5) is 0 Å². The van der Waals surface area contributed by atoms with Gasteiger partial charge in [0.2, 0.25) is 0 Å². The van der Waals surface area contributed by atoms with Gasteiger partial charge < -0.3 is 5.32 Å². The topological polar surface area (TPSA) is 24.9 Å². The minimum absolute atomic E-state index is 0.404. The molecule has 3 rings (SSSR count). The molecule has 94 valence electrons. The first kappa shape index (κ1) is 12.2. The van der Waals surface area contributed by atoms with E-state index in [0.717, 1.165) is 22.0 Å². The van der Waals surface area contributed by atoms with Crippen molar-refractivity contribution in [3.05, 3.63) is 39.9 Å². The van der Waals surface area contributed by atoms with E-state index in [1.54, 1.807) is 11.3 Å². The van der Waals surface area contributed by atoms with Gasteiger partial charge >= 0.3 is 0 Å². The van der Waals surface area contributed by atoms with Gasteiger partial charge in [0, 0.05) is 10.4 Å². The number of aromatic nitrogens is 1. The van der Waals surface area contributed by atoms with Gasteiger partial charge in [-0.05, 0) is 32.4 Å². The third-order valence-electron chi connectivity index (χ3n) is 3.41. The Balaban J connectivity index is 2.05. The predicted octanol–water partition coefficient (Wildman–Crippen LogP) is 4.06. The van der Waals surface area contributed by atoms with Crippen LogP contribution in [0.2, 0.25) is 5.02 Å². The first-order valence-corrected chi connectivity index (χ1v) is 7.41. The maximum Gasteiger partial charge on any atom is 0.125 e. The molecule has 1 aliphatic carbocycles. The van der Waals surface area contributed by atoms with Crippen molar-refractivity contribution in [2.75, 3.05) is 7.05 Å². The molecular weight excluding hydrogens is 264 g/mol. The summed E-state index contributed by atoms with van der Waals surface area (Å²) in [6.45, 7) is 0. The molecule has 0 bridgehead atoms. The highest BCUT2D eigenvalue weighted by molar-refractivity contribution is 7.15. The molecule has 0 radical (unpaired) electrons. The summed E-state index contributed by atoms with van der Waals surface area (Å²) < 4.78 is 0. The number of thiazole rings is 1. The molecule has 1 N–H and O–H groups in total. The molecule has 1 unspecified atom stereocenters. The third-order valence-corrected chi connectivity index (χ3v) is 4.90. The third kappa shape index (κ3) is 2.07.